The van der Waals surface area contributed by atoms with E-state index in [4.69, 9.17) is 9.15 Å². The molecular weight excluding hydrogens is 338 g/mol. The molecule has 21 heavy (non-hydrogen) atoms. The van der Waals surface area contributed by atoms with Gasteiger partial charge in [-0.3, -0.25) is 4.79 Å². The minimum Gasteiger partial charge on any atom is -0.467 e. The fraction of sp³-hybridized carbons (Fsp3) is 0.200. The zero-order valence-corrected chi connectivity index (χ0v) is 12.9. The number of furan rings is 1. The van der Waals surface area contributed by atoms with Crippen LogP contribution in [0.1, 0.15) is 16.1 Å². The van der Waals surface area contributed by atoms with Crippen LogP contribution < -0.4 is 5.32 Å². The Hall–Kier alpha value is -2.08. The molecule has 0 aliphatic carbocycles. The molecule has 1 aromatic carbocycles. The predicted octanol–water partition coefficient (Wildman–Crippen LogP) is 2.56. The standard InChI is InChI=1S/C15H14BrNO4/c1-20-15(19)12(9-11-7-8-13(16)21-11)17-14(18)10-5-3-2-4-6-10/h2-8,12H,9H2,1H3,(H,17,18). The lowest BCUT2D eigenvalue weighted by Gasteiger charge is -2.15. The summed E-state index contributed by atoms with van der Waals surface area (Å²) in [7, 11) is 1.28. The molecule has 0 bridgehead atoms. The van der Waals surface area contributed by atoms with Gasteiger partial charge in [-0.2, -0.15) is 0 Å². The molecule has 0 spiro atoms. The summed E-state index contributed by atoms with van der Waals surface area (Å²) < 4.78 is 10.6. The number of halogens is 1. The van der Waals surface area contributed by atoms with Crippen LogP contribution in [-0.2, 0) is 16.0 Å². The minimum atomic E-state index is -0.805. The van der Waals surface area contributed by atoms with Crippen LogP contribution >= 0.6 is 15.9 Å². The Labute approximate surface area is 130 Å². The van der Waals surface area contributed by atoms with Gasteiger partial charge in [-0.15, -0.1) is 0 Å². The molecule has 110 valence electrons. The van der Waals surface area contributed by atoms with Crippen molar-refractivity contribution < 1.29 is 18.7 Å². The molecule has 2 aromatic rings. The molecule has 1 unspecified atom stereocenters. The summed E-state index contributed by atoms with van der Waals surface area (Å²) in [6.45, 7) is 0. The molecule has 0 saturated carbocycles. The van der Waals surface area contributed by atoms with E-state index < -0.39 is 12.0 Å². The van der Waals surface area contributed by atoms with Gasteiger partial charge in [0.2, 0.25) is 0 Å². The number of benzene rings is 1. The van der Waals surface area contributed by atoms with Crippen LogP contribution in [0.4, 0.5) is 0 Å². The Bertz CT molecular complexity index is 624. The molecule has 1 heterocycles. The van der Waals surface area contributed by atoms with Crippen LogP contribution in [-0.4, -0.2) is 25.0 Å². The number of nitrogens with one attached hydrogen (secondary N) is 1. The van der Waals surface area contributed by atoms with E-state index in [0.717, 1.165) is 0 Å². The summed E-state index contributed by atoms with van der Waals surface area (Å²) in [5.41, 5.74) is 0.479. The Morgan fingerprint density at radius 1 is 1.24 bits per heavy atom. The first-order valence-electron chi connectivity index (χ1n) is 6.28. The van der Waals surface area contributed by atoms with Crippen LogP contribution in [0.25, 0.3) is 0 Å². The summed E-state index contributed by atoms with van der Waals surface area (Å²) in [6, 6.07) is 11.3. The molecule has 0 saturated heterocycles. The molecule has 5 nitrogen and oxygen atoms in total. The molecule has 1 atom stereocenters. The first kappa shape index (κ1) is 15.3. The lowest BCUT2D eigenvalue weighted by atomic mass is 10.1. The third kappa shape index (κ3) is 4.19. The van der Waals surface area contributed by atoms with Gasteiger partial charge in [0.05, 0.1) is 7.11 Å². The van der Waals surface area contributed by atoms with Crippen molar-refractivity contribution in [1.29, 1.82) is 0 Å². The molecular formula is C15H14BrNO4. The van der Waals surface area contributed by atoms with Gasteiger partial charge in [0.1, 0.15) is 11.8 Å². The SMILES string of the molecule is COC(=O)C(Cc1ccc(Br)o1)NC(=O)c1ccccc1. The summed E-state index contributed by atoms with van der Waals surface area (Å²) in [6.07, 6.45) is 0.219. The smallest absolute Gasteiger partial charge is 0.328 e. The number of carbonyl (C=O) groups is 2. The zero-order valence-electron chi connectivity index (χ0n) is 11.3. The molecule has 1 aromatic heterocycles. The molecule has 1 N–H and O–H groups in total. The van der Waals surface area contributed by atoms with Gasteiger partial charge < -0.3 is 14.5 Å². The normalized spacial score (nSPS) is 11.7. The Kier molecular flexibility index (Phi) is 5.16. The van der Waals surface area contributed by atoms with E-state index in [1.807, 2.05) is 6.07 Å². The summed E-state index contributed by atoms with van der Waals surface area (Å²) in [5.74, 6) is -0.283. The number of rotatable bonds is 5. The molecule has 6 heteroatoms. The fourth-order valence-corrected chi connectivity index (χ4v) is 2.17. The van der Waals surface area contributed by atoms with Gasteiger partial charge in [0, 0.05) is 12.0 Å². The third-order valence-corrected chi connectivity index (χ3v) is 3.29. The Morgan fingerprint density at radius 2 is 1.95 bits per heavy atom. The van der Waals surface area contributed by atoms with Gasteiger partial charge in [0.25, 0.3) is 5.91 Å². The molecule has 0 aliphatic rings. The number of ether oxygens (including phenoxy) is 1. The van der Waals surface area contributed by atoms with Crippen molar-refractivity contribution >= 4 is 27.8 Å². The van der Waals surface area contributed by atoms with Crippen molar-refractivity contribution in [3.63, 3.8) is 0 Å². The van der Waals surface area contributed by atoms with Gasteiger partial charge in [0.15, 0.2) is 4.67 Å². The summed E-state index contributed by atoms with van der Waals surface area (Å²) in [4.78, 5) is 23.9. The minimum absolute atomic E-state index is 0.219. The lowest BCUT2D eigenvalue weighted by molar-refractivity contribution is -0.142. The van der Waals surface area contributed by atoms with E-state index in [9.17, 15) is 9.59 Å². The van der Waals surface area contributed by atoms with Crippen molar-refractivity contribution in [1.82, 2.24) is 5.32 Å². The van der Waals surface area contributed by atoms with E-state index in [-0.39, 0.29) is 12.3 Å². The van der Waals surface area contributed by atoms with Crippen LogP contribution in [0.2, 0.25) is 0 Å². The van der Waals surface area contributed by atoms with Crippen molar-refractivity contribution in [2.45, 2.75) is 12.5 Å². The average Bonchev–Trinajstić information content (AvgIpc) is 2.91. The van der Waals surface area contributed by atoms with E-state index in [1.165, 1.54) is 7.11 Å². The van der Waals surface area contributed by atoms with Crippen molar-refractivity contribution in [3.8, 4) is 0 Å². The second-order valence-electron chi connectivity index (χ2n) is 4.33. The van der Waals surface area contributed by atoms with Crippen molar-refractivity contribution in [2.75, 3.05) is 7.11 Å². The molecule has 0 fully saturated rings. The Morgan fingerprint density at radius 3 is 2.52 bits per heavy atom. The number of carbonyl (C=O) groups excluding carboxylic acids is 2. The highest BCUT2D eigenvalue weighted by molar-refractivity contribution is 9.10. The number of hydrogen-bond acceptors (Lipinski definition) is 4. The monoisotopic (exact) mass is 351 g/mol. The predicted molar refractivity (Wildman–Crippen MR) is 79.8 cm³/mol. The molecule has 2 rings (SSSR count). The maximum Gasteiger partial charge on any atom is 0.328 e. The number of methoxy groups -OCH3 is 1. The van der Waals surface area contributed by atoms with Crippen LogP contribution in [0, 0.1) is 0 Å². The highest BCUT2D eigenvalue weighted by atomic mass is 79.9. The molecule has 0 aliphatic heterocycles. The summed E-state index contributed by atoms with van der Waals surface area (Å²) in [5, 5.41) is 2.65. The van der Waals surface area contributed by atoms with Gasteiger partial charge in [-0.05, 0) is 40.2 Å². The van der Waals surface area contributed by atoms with Crippen LogP contribution in [0.5, 0.6) is 0 Å². The van der Waals surface area contributed by atoms with E-state index >= 15 is 0 Å². The molecule has 1 amide bonds. The maximum absolute atomic E-state index is 12.1. The first-order chi connectivity index (χ1) is 10.1. The first-order valence-corrected chi connectivity index (χ1v) is 7.07. The van der Waals surface area contributed by atoms with Crippen LogP contribution in [0.3, 0.4) is 0 Å². The fourth-order valence-electron chi connectivity index (χ4n) is 1.83. The molecule has 0 radical (unpaired) electrons. The van der Waals surface area contributed by atoms with E-state index in [2.05, 4.69) is 21.2 Å². The largest absolute Gasteiger partial charge is 0.467 e. The Balaban J connectivity index is 2.09. The van der Waals surface area contributed by atoms with E-state index in [0.29, 0.717) is 16.0 Å². The maximum atomic E-state index is 12.1. The highest BCUT2D eigenvalue weighted by Gasteiger charge is 2.23. The highest BCUT2D eigenvalue weighted by Crippen LogP contribution is 2.16. The van der Waals surface area contributed by atoms with E-state index in [1.54, 1.807) is 36.4 Å². The van der Waals surface area contributed by atoms with Crippen molar-refractivity contribution in [3.05, 3.63) is 58.5 Å². The van der Waals surface area contributed by atoms with Gasteiger partial charge >= 0.3 is 5.97 Å². The zero-order chi connectivity index (χ0) is 15.2. The number of amides is 1. The topological polar surface area (TPSA) is 68.5 Å². The second kappa shape index (κ2) is 7.08. The second-order valence-corrected chi connectivity index (χ2v) is 5.11. The quantitative estimate of drug-likeness (QED) is 0.840. The van der Waals surface area contributed by atoms with Gasteiger partial charge in [-0.1, -0.05) is 18.2 Å². The number of hydrogen-bond donors (Lipinski definition) is 1. The van der Waals surface area contributed by atoms with Crippen LogP contribution in [0.15, 0.2) is 51.6 Å². The summed E-state index contributed by atoms with van der Waals surface area (Å²) >= 11 is 3.19. The van der Waals surface area contributed by atoms with Gasteiger partial charge in [-0.25, -0.2) is 4.79 Å². The van der Waals surface area contributed by atoms with Crippen molar-refractivity contribution in [2.24, 2.45) is 0 Å². The average molecular weight is 352 g/mol. The third-order valence-electron chi connectivity index (χ3n) is 2.86. The number of esters is 1. The lowest BCUT2D eigenvalue weighted by Crippen LogP contribution is -2.43.